The zero-order valence-electron chi connectivity index (χ0n) is 13.5. The van der Waals surface area contributed by atoms with Gasteiger partial charge in [0.25, 0.3) is 0 Å². The third-order valence-corrected chi connectivity index (χ3v) is 4.39. The minimum absolute atomic E-state index is 0.220. The molecule has 0 radical (unpaired) electrons. The predicted octanol–water partition coefficient (Wildman–Crippen LogP) is 1.94. The van der Waals surface area contributed by atoms with Gasteiger partial charge in [0, 0.05) is 14.1 Å². The molecule has 0 spiro atoms. The van der Waals surface area contributed by atoms with Crippen molar-refractivity contribution in [3.05, 3.63) is 29.3 Å². The van der Waals surface area contributed by atoms with Gasteiger partial charge >= 0.3 is 0 Å². The highest BCUT2D eigenvalue weighted by Crippen LogP contribution is 2.25. The normalized spacial score (nSPS) is 12.9. The van der Waals surface area contributed by atoms with E-state index in [1.54, 1.807) is 26.2 Å². The van der Waals surface area contributed by atoms with Crippen LogP contribution in [-0.4, -0.2) is 45.6 Å². The number of anilines is 1. The maximum atomic E-state index is 12.3. The molecule has 1 amide bonds. The number of carbonyl (C=O) groups is 1. The Balaban J connectivity index is 3.45. The highest BCUT2D eigenvalue weighted by atomic mass is 32.2. The molecule has 0 saturated carbocycles. The summed E-state index contributed by atoms with van der Waals surface area (Å²) in [5.41, 5.74) is 2.47. The number of sulfonamides is 1. The van der Waals surface area contributed by atoms with Crippen molar-refractivity contribution in [3.63, 3.8) is 0 Å². The van der Waals surface area contributed by atoms with E-state index in [1.807, 2.05) is 26.8 Å². The van der Waals surface area contributed by atoms with E-state index in [9.17, 15) is 13.2 Å². The molecule has 0 aliphatic rings. The summed E-state index contributed by atoms with van der Waals surface area (Å²) in [6.07, 6.45) is 1.55. The molecule has 5 nitrogen and oxygen atoms in total. The van der Waals surface area contributed by atoms with Crippen molar-refractivity contribution in [1.29, 1.82) is 0 Å². The number of hydrogen-bond donors (Lipinski definition) is 0. The third-order valence-electron chi connectivity index (χ3n) is 3.21. The van der Waals surface area contributed by atoms with Crippen molar-refractivity contribution < 1.29 is 13.2 Å². The van der Waals surface area contributed by atoms with Crippen LogP contribution in [-0.2, 0) is 14.8 Å². The minimum Gasteiger partial charge on any atom is -0.347 e. The summed E-state index contributed by atoms with van der Waals surface area (Å²) in [6.45, 7) is 5.63. The number of likely N-dealkylation sites (N-methyl/N-ethyl adjacent to an activating group) is 1. The van der Waals surface area contributed by atoms with Gasteiger partial charge in [-0.2, -0.15) is 0 Å². The van der Waals surface area contributed by atoms with Gasteiger partial charge in [0.1, 0.15) is 6.04 Å². The lowest BCUT2D eigenvalue weighted by molar-refractivity contribution is -0.129. The number of nitrogens with zero attached hydrogens (tertiary/aromatic N) is 2. The fourth-order valence-electron chi connectivity index (χ4n) is 2.42. The van der Waals surface area contributed by atoms with Crippen LogP contribution in [0.1, 0.15) is 24.5 Å². The van der Waals surface area contributed by atoms with Gasteiger partial charge in [-0.15, -0.1) is 0 Å². The van der Waals surface area contributed by atoms with Crippen molar-refractivity contribution >= 4 is 21.6 Å². The highest BCUT2D eigenvalue weighted by Gasteiger charge is 2.32. The van der Waals surface area contributed by atoms with Gasteiger partial charge in [-0.25, -0.2) is 8.42 Å². The molecule has 1 aromatic carbocycles. The second-order valence-corrected chi connectivity index (χ2v) is 7.42. The van der Waals surface area contributed by atoms with E-state index in [0.717, 1.165) is 17.4 Å². The van der Waals surface area contributed by atoms with Crippen LogP contribution in [0, 0.1) is 13.8 Å². The predicted molar refractivity (Wildman–Crippen MR) is 86.0 cm³/mol. The molecule has 21 heavy (non-hydrogen) atoms. The molecule has 0 aromatic heterocycles. The average molecular weight is 312 g/mol. The van der Waals surface area contributed by atoms with Crippen molar-refractivity contribution in [3.8, 4) is 0 Å². The van der Waals surface area contributed by atoms with E-state index in [-0.39, 0.29) is 5.91 Å². The van der Waals surface area contributed by atoms with Crippen LogP contribution in [0.2, 0.25) is 0 Å². The lowest BCUT2D eigenvalue weighted by atomic mass is 10.1. The summed E-state index contributed by atoms with van der Waals surface area (Å²) in [7, 11) is -0.292. The van der Waals surface area contributed by atoms with E-state index in [2.05, 4.69) is 0 Å². The molecular weight excluding hydrogens is 288 g/mol. The Hall–Kier alpha value is -1.56. The summed E-state index contributed by atoms with van der Waals surface area (Å²) in [6, 6.07) is 4.83. The Morgan fingerprint density at radius 3 is 1.95 bits per heavy atom. The summed E-state index contributed by atoms with van der Waals surface area (Å²) in [5, 5.41) is 0. The number of carbonyl (C=O) groups excluding carboxylic acids is 1. The summed E-state index contributed by atoms with van der Waals surface area (Å²) >= 11 is 0. The second-order valence-electron chi connectivity index (χ2n) is 5.56. The van der Waals surface area contributed by atoms with E-state index in [0.29, 0.717) is 12.1 Å². The molecule has 0 heterocycles. The first-order chi connectivity index (χ1) is 9.57. The van der Waals surface area contributed by atoms with E-state index in [1.165, 1.54) is 9.21 Å². The fraction of sp³-hybridized carbons (Fsp3) is 0.533. The first-order valence-electron chi connectivity index (χ1n) is 6.86. The first kappa shape index (κ1) is 17.5. The van der Waals surface area contributed by atoms with Crippen molar-refractivity contribution in [1.82, 2.24) is 4.90 Å². The standard InChI is InChI=1S/C15H24N2O3S/c1-7-14(15(18)16(4)5)17(21(6,19)20)13-9-11(2)8-12(3)10-13/h8-10,14H,7H2,1-6H3/t14-/m0/s1. The number of rotatable bonds is 5. The van der Waals surface area contributed by atoms with Gasteiger partial charge in [0.2, 0.25) is 15.9 Å². The van der Waals surface area contributed by atoms with Crippen molar-refractivity contribution in [2.75, 3.05) is 24.7 Å². The van der Waals surface area contributed by atoms with Gasteiger partial charge in [-0.3, -0.25) is 9.10 Å². The smallest absolute Gasteiger partial charge is 0.245 e. The van der Waals surface area contributed by atoms with Crippen LogP contribution in [0.25, 0.3) is 0 Å². The molecule has 0 unspecified atom stereocenters. The van der Waals surface area contributed by atoms with Gasteiger partial charge in [-0.1, -0.05) is 13.0 Å². The molecular formula is C15H24N2O3S. The van der Waals surface area contributed by atoms with E-state index in [4.69, 9.17) is 0 Å². The van der Waals surface area contributed by atoms with Crippen LogP contribution in [0.15, 0.2) is 18.2 Å². The summed E-state index contributed by atoms with van der Waals surface area (Å²) in [4.78, 5) is 13.8. The van der Waals surface area contributed by atoms with E-state index >= 15 is 0 Å². The Morgan fingerprint density at radius 1 is 1.14 bits per heavy atom. The van der Waals surface area contributed by atoms with Crippen LogP contribution in [0.3, 0.4) is 0 Å². The zero-order valence-corrected chi connectivity index (χ0v) is 14.4. The van der Waals surface area contributed by atoms with Gasteiger partial charge < -0.3 is 4.90 Å². The Bertz CT molecular complexity index is 604. The van der Waals surface area contributed by atoms with Gasteiger partial charge in [0.15, 0.2) is 0 Å². The maximum absolute atomic E-state index is 12.3. The van der Waals surface area contributed by atoms with Crippen LogP contribution in [0.5, 0.6) is 0 Å². The molecule has 0 bridgehead atoms. The lowest BCUT2D eigenvalue weighted by Gasteiger charge is -2.32. The minimum atomic E-state index is -3.56. The molecule has 0 N–H and O–H groups in total. The molecule has 0 fully saturated rings. The zero-order chi connectivity index (χ0) is 16.4. The van der Waals surface area contributed by atoms with Crippen molar-refractivity contribution in [2.45, 2.75) is 33.2 Å². The number of aryl methyl sites for hydroxylation is 2. The SMILES string of the molecule is CC[C@@H](C(=O)N(C)C)N(c1cc(C)cc(C)c1)S(C)(=O)=O. The topological polar surface area (TPSA) is 57.7 Å². The Morgan fingerprint density at radius 2 is 1.62 bits per heavy atom. The van der Waals surface area contributed by atoms with Gasteiger partial charge in [-0.05, 0) is 43.5 Å². The molecule has 6 heteroatoms. The highest BCUT2D eigenvalue weighted by molar-refractivity contribution is 7.92. The first-order valence-corrected chi connectivity index (χ1v) is 8.71. The van der Waals surface area contributed by atoms with E-state index < -0.39 is 16.1 Å². The third kappa shape index (κ3) is 4.20. The van der Waals surface area contributed by atoms with Crippen LogP contribution in [0.4, 0.5) is 5.69 Å². The number of amides is 1. The van der Waals surface area contributed by atoms with Crippen molar-refractivity contribution in [2.24, 2.45) is 0 Å². The molecule has 1 atom stereocenters. The average Bonchev–Trinajstić information content (AvgIpc) is 2.31. The summed E-state index contributed by atoms with van der Waals surface area (Å²) in [5.74, 6) is -0.220. The van der Waals surface area contributed by atoms with Crippen LogP contribution < -0.4 is 4.31 Å². The maximum Gasteiger partial charge on any atom is 0.245 e. The lowest BCUT2D eigenvalue weighted by Crippen LogP contribution is -2.48. The molecule has 0 saturated heterocycles. The Kier molecular flexibility index (Phi) is 5.39. The Labute approximate surface area is 127 Å². The summed E-state index contributed by atoms with van der Waals surface area (Å²) < 4.78 is 25.7. The fourth-order valence-corrected chi connectivity index (χ4v) is 3.61. The molecule has 118 valence electrons. The second kappa shape index (κ2) is 6.47. The molecule has 0 aliphatic heterocycles. The molecule has 1 aromatic rings. The molecule has 1 rings (SSSR count). The number of hydrogen-bond acceptors (Lipinski definition) is 3. The number of benzene rings is 1. The molecule has 0 aliphatic carbocycles. The van der Waals surface area contributed by atoms with Crippen LogP contribution >= 0.6 is 0 Å². The largest absolute Gasteiger partial charge is 0.347 e. The quantitative estimate of drug-likeness (QED) is 0.835. The monoisotopic (exact) mass is 312 g/mol. The van der Waals surface area contributed by atoms with Gasteiger partial charge in [0.05, 0.1) is 11.9 Å².